The quantitative estimate of drug-likeness (QED) is 0.812. The predicted octanol–water partition coefficient (Wildman–Crippen LogP) is 2.26. The normalized spacial score (nSPS) is 14.6. The molecule has 0 bridgehead atoms. The first-order chi connectivity index (χ1) is 12.1. The zero-order valence-corrected chi connectivity index (χ0v) is 14.8. The number of carbonyl (C=O) groups excluding carboxylic acids is 1. The molecule has 2 aromatic heterocycles. The molecule has 0 aliphatic heterocycles. The maximum atomic E-state index is 12.7. The molecule has 0 radical (unpaired) electrons. The zero-order valence-electron chi connectivity index (χ0n) is 14.8. The summed E-state index contributed by atoms with van der Waals surface area (Å²) < 4.78 is 6.50. The summed E-state index contributed by atoms with van der Waals surface area (Å²) in [5.41, 5.74) is 1.88. The van der Waals surface area contributed by atoms with E-state index >= 15 is 0 Å². The van der Waals surface area contributed by atoms with Gasteiger partial charge in [-0.2, -0.15) is 4.98 Å². The number of fused-ring (bicyclic) bond motifs is 1. The topological polar surface area (TPSA) is 90.0 Å². The third-order valence-electron chi connectivity index (χ3n) is 4.62. The summed E-state index contributed by atoms with van der Waals surface area (Å²) in [5, 5.41) is 7.05. The van der Waals surface area contributed by atoms with E-state index in [0.29, 0.717) is 29.9 Å². The van der Waals surface area contributed by atoms with Crippen LogP contribution >= 0.6 is 0 Å². The molecule has 0 aromatic carbocycles. The van der Waals surface area contributed by atoms with Crippen molar-refractivity contribution in [2.75, 3.05) is 6.54 Å². The monoisotopic (exact) mass is 344 g/mol. The van der Waals surface area contributed by atoms with Gasteiger partial charge >= 0.3 is 0 Å². The van der Waals surface area contributed by atoms with Crippen LogP contribution < -0.4 is 10.9 Å². The molecule has 7 heteroatoms. The highest BCUT2D eigenvalue weighted by Gasteiger charge is 2.17. The lowest BCUT2D eigenvalue weighted by Crippen LogP contribution is -2.35. The molecule has 25 heavy (non-hydrogen) atoms. The van der Waals surface area contributed by atoms with Crippen molar-refractivity contribution in [3.8, 4) is 0 Å². The summed E-state index contributed by atoms with van der Waals surface area (Å²) >= 11 is 0. The molecule has 3 rings (SSSR count). The maximum absolute atomic E-state index is 12.7. The van der Waals surface area contributed by atoms with Gasteiger partial charge in [0.05, 0.1) is 5.69 Å². The van der Waals surface area contributed by atoms with Crippen molar-refractivity contribution in [3.63, 3.8) is 0 Å². The highest BCUT2D eigenvalue weighted by molar-refractivity contribution is 5.77. The van der Waals surface area contributed by atoms with Gasteiger partial charge in [-0.05, 0) is 39.0 Å². The molecule has 0 fully saturated rings. The minimum Gasteiger partial charge on any atom is -0.354 e. The lowest BCUT2D eigenvalue weighted by molar-refractivity contribution is -0.121. The Bertz CT molecular complexity index is 863. The predicted molar refractivity (Wildman–Crippen MR) is 94.4 cm³/mol. The Morgan fingerprint density at radius 3 is 2.96 bits per heavy atom. The summed E-state index contributed by atoms with van der Waals surface area (Å²) in [4.78, 5) is 29.3. The number of nitrogens with zero attached hydrogens (tertiary/aromatic N) is 3. The van der Waals surface area contributed by atoms with Gasteiger partial charge in [0.15, 0.2) is 0 Å². The van der Waals surface area contributed by atoms with E-state index in [9.17, 15) is 9.59 Å². The van der Waals surface area contributed by atoms with Crippen molar-refractivity contribution in [1.82, 2.24) is 20.0 Å². The van der Waals surface area contributed by atoms with Crippen LogP contribution in [-0.2, 0) is 17.8 Å². The van der Waals surface area contributed by atoms with Gasteiger partial charge in [-0.1, -0.05) is 23.7 Å². The smallest absolute Gasteiger partial charge is 0.267 e. The van der Waals surface area contributed by atoms with Crippen molar-refractivity contribution in [2.45, 2.75) is 58.9 Å². The maximum Gasteiger partial charge on any atom is 0.267 e. The van der Waals surface area contributed by atoms with Crippen LogP contribution in [0.4, 0.5) is 0 Å². The van der Waals surface area contributed by atoms with E-state index < -0.39 is 0 Å². The molecule has 2 heterocycles. The molecule has 0 saturated heterocycles. The van der Waals surface area contributed by atoms with Crippen LogP contribution in [-0.4, -0.2) is 27.2 Å². The summed E-state index contributed by atoms with van der Waals surface area (Å²) in [5.74, 6) is 0.349. The number of hydrogen-bond donors (Lipinski definition) is 1. The second kappa shape index (κ2) is 7.63. The molecule has 2 aromatic rings. The van der Waals surface area contributed by atoms with E-state index in [1.807, 2.05) is 6.92 Å². The zero-order chi connectivity index (χ0) is 17.8. The Hall–Kier alpha value is -2.44. The van der Waals surface area contributed by atoms with Crippen LogP contribution in [0, 0.1) is 6.92 Å². The van der Waals surface area contributed by atoms with Crippen LogP contribution in [0.1, 0.15) is 50.5 Å². The molecule has 1 aliphatic carbocycles. The standard InChI is InChI=1S/C18H24N4O3/c1-3-14-20-17-16(12(2)21-25-17)18(24)22(14)11-15(23)19-10-9-13-7-5-4-6-8-13/h7H,3-6,8-11H2,1-2H3,(H,19,23). The van der Waals surface area contributed by atoms with Crippen molar-refractivity contribution < 1.29 is 9.32 Å². The molecule has 0 saturated carbocycles. The number of aromatic nitrogens is 3. The van der Waals surface area contributed by atoms with E-state index in [2.05, 4.69) is 21.5 Å². The van der Waals surface area contributed by atoms with Gasteiger partial charge in [0.2, 0.25) is 5.91 Å². The van der Waals surface area contributed by atoms with E-state index in [4.69, 9.17) is 4.52 Å². The number of allylic oxidation sites excluding steroid dienone is 1. The number of nitrogens with one attached hydrogen (secondary N) is 1. The molecular formula is C18H24N4O3. The average Bonchev–Trinajstić information content (AvgIpc) is 2.99. The Labute approximate surface area is 146 Å². The first kappa shape index (κ1) is 17.4. The lowest BCUT2D eigenvalue weighted by Gasteiger charge is -2.14. The molecule has 7 nitrogen and oxygen atoms in total. The van der Waals surface area contributed by atoms with Crippen LogP contribution in [0.5, 0.6) is 0 Å². The fraction of sp³-hybridized carbons (Fsp3) is 0.556. The van der Waals surface area contributed by atoms with Gasteiger partial charge in [0.1, 0.15) is 17.8 Å². The van der Waals surface area contributed by atoms with Gasteiger partial charge in [-0.25, -0.2) is 0 Å². The lowest BCUT2D eigenvalue weighted by atomic mass is 9.97. The number of rotatable bonds is 6. The first-order valence-corrected chi connectivity index (χ1v) is 8.90. The minimum absolute atomic E-state index is 0.0331. The molecule has 1 amide bonds. The van der Waals surface area contributed by atoms with E-state index in [1.54, 1.807) is 6.92 Å². The van der Waals surface area contributed by atoms with Crippen molar-refractivity contribution >= 4 is 17.0 Å². The second-order valence-corrected chi connectivity index (χ2v) is 6.43. The van der Waals surface area contributed by atoms with E-state index in [0.717, 1.165) is 19.3 Å². The molecule has 0 spiro atoms. The highest BCUT2D eigenvalue weighted by Crippen LogP contribution is 2.19. The third kappa shape index (κ3) is 3.81. The Kier molecular flexibility index (Phi) is 5.31. The number of amides is 1. The molecule has 134 valence electrons. The summed E-state index contributed by atoms with van der Waals surface area (Å²) in [6.07, 6.45) is 8.45. The van der Waals surface area contributed by atoms with Crippen LogP contribution in [0.3, 0.4) is 0 Å². The average molecular weight is 344 g/mol. The van der Waals surface area contributed by atoms with Crippen molar-refractivity contribution in [3.05, 3.63) is 33.5 Å². The minimum atomic E-state index is -0.272. The van der Waals surface area contributed by atoms with Crippen LogP contribution in [0.15, 0.2) is 21.0 Å². The molecular weight excluding hydrogens is 320 g/mol. The fourth-order valence-corrected chi connectivity index (χ4v) is 3.24. The molecule has 0 unspecified atom stereocenters. The first-order valence-electron chi connectivity index (χ1n) is 8.90. The second-order valence-electron chi connectivity index (χ2n) is 6.43. The third-order valence-corrected chi connectivity index (χ3v) is 4.62. The Balaban J connectivity index is 1.70. The summed E-state index contributed by atoms with van der Waals surface area (Å²) in [7, 11) is 0. The van der Waals surface area contributed by atoms with Gasteiger partial charge in [0.25, 0.3) is 11.3 Å². The molecule has 1 aliphatic rings. The fourth-order valence-electron chi connectivity index (χ4n) is 3.24. The van der Waals surface area contributed by atoms with E-state index in [-0.39, 0.29) is 23.7 Å². The number of aryl methyl sites for hydroxylation is 2. The summed E-state index contributed by atoms with van der Waals surface area (Å²) in [6.45, 7) is 4.15. The number of hydrogen-bond acceptors (Lipinski definition) is 5. The van der Waals surface area contributed by atoms with Gasteiger partial charge in [0, 0.05) is 13.0 Å². The highest BCUT2D eigenvalue weighted by atomic mass is 16.5. The van der Waals surface area contributed by atoms with Crippen LogP contribution in [0.25, 0.3) is 11.1 Å². The van der Waals surface area contributed by atoms with Crippen LogP contribution in [0.2, 0.25) is 0 Å². The Morgan fingerprint density at radius 2 is 2.24 bits per heavy atom. The SMILES string of the molecule is CCc1nc2onc(C)c2c(=O)n1CC(=O)NCCC1=CCCCC1. The van der Waals surface area contributed by atoms with Gasteiger partial charge in [-0.15, -0.1) is 0 Å². The molecule has 0 atom stereocenters. The van der Waals surface area contributed by atoms with Gasteiger partial charge < -0.3 is 9.84 Å². The van der Waals surface area contributed by atoms with Crippen molar-refractivity contribution in [2.24, 2.45) is 0 Å². The number of carbonyl (C=O) groups is 1. The molecule has 1 N–H and O–H groups in total. The van der Waals surface area contributed by atoms with Gasteiger partial charge in [-0.3, -0.25) is 14.2 Å². The summed E-state index contributed by atoms with van der Waals surface area (Å²) in [6, 6.07) is 0. The van der Waals surface area contributed by atoms with Crippen molar-refractivity contribution in [1.29, 1.82) is 0 Å². The van der Waals surface area contributed by atoms with E-state index in [1.165, 1.54) is 23.0 Å². The Morgan fingerprint density at radius 1 is 1.40 bits per heavy atom. The largest absolute Gasteiger partial charge is 0.354 e.